The average molecular weight is 681 g/mol. The quantitative estimate of drug-likeness (QED) is 0.200. The lowest BCUT2D eigenvalue weighted by Gasteiger charge is -2.34. The maximum atomic E-state index is 14.5. The maximum absolute atomic E-state index is 14.5. The molecule has 2 amide bonds. The maximum Gasteiger partial charge on any atom is 0.322 e. The lowest BCUT2D eigenvalue weighted by atomic mass is 10.0. The molecule has 3 N–H and O–H groups in total. The van der Waals surface area contributed by atoms with Crippen LogP contribution in [0.15, 0.2) is 66.7 Å². The van der Waals surface area contributed by atoms with E-state index in [0.29, 0.717) is 30.0 Å². The number of benzene rings is 3. The Morgan fingerprint density at radius 2 is 1.59 bits per heavy atom. The summed E-state index contributed by atoms with van der Waals surface area (Å²) in [5, 5.41) is 11.7. The van der Waals surface area contributed by atoms with Gasteiger partial charge in [0.05, 0.1) is 11.4 Å². The predicted octanol–water partition coefficient (Wildman–Crippen LogP) is 5.66. The number of rotatable bonds is 14. The van der Waals surface area contributed by atoms with Crippen molar-refractivity contribution in [2.24, 2.45) is 0 Å². The minimum absolute atomic E-state index is 0. The van der Waals surface area contributed by atoms with E-state index in [1.807, 2.05) is 35.9 Å². The number of likely N-dealkylation sites (tertiary alicyclic amines) is 1. The fourth-order valence-corrected chi connectivity index (χ4v) is 6.07. The van der Waals surface area contributed by atoms with Gasteiger partial charge in [0.15, 0.2) is 0 Å². The molecule has 1 heterocycles. The van der Waals surface area contributed by atoms with Gasteiger partial charge in [-0.2, -0.15) is 0 Å². The summed E-state index contributed by atoms with van der Waals surface area (Å²) in [6.07, 6.45) is 3.01. The minimum atomic E-state index is -3.77. The smallest absolute Gasteiger partial charge is 0.322 e. The number of nitrogens with one attached hydrogen (secondary N) is 2. The molecule has 0 aromatic heterocycles. The first kappa shape index (κ1) is 36.7. The van der Waals surface area contributed by atoms with E-state index in [4.69, 9.17) is 9.84 Å². The molecule has 1 aliphatic heterocycles. The molecule has 0 unspecified atom stereocenters. The number of carboxylic acids is 1. The molecule has 0 spiro atoms. The first-order chi connectivity index (χ1) is 21.5. The average Bonchev–Trinajstić information content (AvgIpc) is 3.00. The Labute approximate surface area is 274 Å². The van der Waals surface area contributed by atoms with Gasteiger partial charge < -0.3 is 15.2 Å². The summed E-state index contributed by atoms with van der Waals surface area (Å²) in [5.74, 6) is -1.90. The molecule has 1 saturated heterocycles. The van der Waals surface area contributed by atoms with Crippen LogP contribution in [0.25, 0.3) is 0 Å². The summed E-state index contributed by atoms with van der Waals surface area (Å²) in [7, 11) is -3.77. The second-order valence-corrected chi connectivity index (χ2v) is 12.8. The van der Waals surface area contributed by atoms with Crippen LogP contribution in [0.2, 0.25) is 0 Å². The molecule has 14 heteroatoms. The van der Waals surface area contributed by atoms with Crippen molar-refractivity contribution in [2.75, 3.05) is 31.1 Å². The molecular weight excluding hydrogens is 642 g/mol. The number of hydrogen-bond donors (Lipinski definition) is 3. The van der Waals surface area contributed by atoms with Crippen molar-refractivity contribution in [1.29, 1.82) is 0 Å². The second kappa shape index (κ2) is 17.2. The van der Waals surface area contributed by atoms with Gasteiger partial charge in [0.25, 0.3) is 0 Å². The van der Waals surface area contributed by atoms with E-state index >= 15 is 0 Å². The van der Waals surface area contributed by atoms with Crippen LogP contribution in [0.3, 0.4) is 0 Å². The lowest BCUT2D eigenvalue weighted by molar-refractivity contribution is -0.135. The Balaban J connectivity index is 0.00000576. The monoisotopic (exact) mass is 680 g/mol. The molecule has 0 saturated carbocycles. The largest absolute Gasteiger partial charge is 0.480 e. The molecule has 10 nitrogen and oxygen atoms in total. The van der Waals surface area contributed by atoms with Gasteiger partial charge in [-0.3, -0.25) is 14.6 Å². The topological polar surface area (TPSA) is 128 Å². The fraction of sp³-hybridized carbons (Fsp3) is 0.375. The molecular formula is C32H39ClF2N4O6S. The van der Waals surface area contributed by atoms with E-state index in [-0.39, 0.29) is 35.9 Å². The first-order valence-electron chi connectivity index (χ1n) is 14.8. The van der Waals surface area contributed by atoms with Gasteiger partial charge in [-0.05, 0) is 66.8 Å². The predicted molar refractivity (Wildman–Crippen MR) is 174 cm³/mol. The number of hydrogen-bond acceptors (Lipinski definition) is 6. The summed E-state index contributed by atoms with van der Waals surface area (Å²) >= 11 is 0. The molecule has 46 heavy (non-hydrogen) atoms. The summed E-state index contributed by atoms with van der Waals surface area (Å²) < 4.78 is 59.8. The Morgan fingerprint density at radius 1 is 0.978 bits per heavy atom. The third kappa shape index (κ3) is 11.2. The van der Waals surface area contributed by atoms with Crippen LogP contribution in [0.4, 0.5) is 19.3 Å². The Bertz CT molecular complexity index is 1550. The molecule has 0 atom stereocenters. The molecule has 3 aromatic carbocycles. The van der Waals surface area contributed by atoms with Gasteiger partial charge in [0.2, 0.25) is 10.0 Å². The highest BCUT2D eigenvalue weighted by molar-refractivity contribution is 7.88. The SMILES string of the molecule is CCCCN(C(=O)NC1CCN(Cc2ccc(Oc3ccc(CS(=O)(=O)NCC(=O)O)cc3)cc2)CC1)c1ccc(F)cc1F.Cl. The number of amides is 2. The van der Waals surface area contributed by atoms with Crippen molar-refractivity contribution in [3.8, 4) is 11.5 Å². The molecule has 3 aromatic rings. The number of urea groups is 1. The Morgan fingerprint density at radius 3 is 2.15 bits per heavy atom. The molecule has 4 rings (SSSR count). The fourth-order valence-electron chi connectivity index (χ4n) is 4.99. The van der Waals surface area contributed by atoms with Crippen LogP contribution in [0.5, 0.6) is 11.5 Å². The number of anilines is 1. The number of piperidine rings is 1. The van der Waals surface area contributed by atoms with Gasteiger partial charge in [0.1, 0.15) is 29.7 Å². The summed E-state index contributed by atoms with van der Waals surface area (Å²) in [6, 6.07) is 17.0. The standard InChI is InChI=1S/C32H38F2N4O6S.ClH/c1-2-3-16-38(30-13-8-25(33)19-29(30)34)32(41)36-26-14-17-37(18-15-26)21-23-4-9-27(10-5-23)44-28-11-6-24(7-12-28)22-45(42,43)35-20-31(39)40;/h4-13,19,26,35H,2-3,14-18,20-22H2,1H3,(H,36,41)(H,39,40);1H. The zero-order chi connectivity index (χ0) is 32.4. The number of sulfonamides is 1. The van der Waals surface area contributed by atoms with E-state index in [9.17, 15) is 26.8 Å². The first-order valence-corrected chi connectivity index (χ1v) is 16.5. The third-order valence-electron chi connectivity index (χ3n) is 7.38. The zero-order valence-electron chi connectivity index (χ0n) is 25.5. The number of ether oxygens (including phenoxy) is 1. The van der Waals surface area contributed by atoms with Crippen molar-refractivity contribution in [3.63, 3.8) is 0 Å². The van der Waals surface area contributed by atoms with Crippen LogP contribution < -0.4 is 19.7 Å². The normalized spacial score (nSPS) is 13.9. The van der Waals surface area contributed by atoms with E-state index in [1.165, 1.54) is 11.0 Å². The number of aliphatic carboxylic acids is 1. The lowest BCUT2D eigenvalue weighted by Crippen LogP contribution is -2.49. The number of carboxylic acid groups (broad SMARTS) is 1. The summed E-state index contributed by atoms with van der Waals surface area (Å²) in [4.78, 5) is 27.3. The van der Waals surface area contributed by atoms with Crippen LogP contribution >= 0.6 is 12.4 Å². The summed E-state index contributed by atoms with van der Waals surface area (Å²) in [6.45, 7) is 3.93. The van der Waals surface area contributed by atoms with Crippen LogP contribution in [-0.2, 0) is 27.1 Å². The summed E-state index contributed by atoms with van der Waals surface area (Å²) in [5.41, 5.74) is 1.66. The van der Waals surface area contributed by atoms with Crippen molar-refractivity contribution in [1.82, 2.24) is 14.9 Å². The van der Waals surface area contributed by atoms with Crippen molar-refractivity contribution in [2.45, 2.75) is 50.9 Å². The minimum Gasteiger partial charge on any atom is -0.480 e. The van der Waals surface area contributed by atoms with Crippen molar-refractivity contribution >= 4 is 40.1 Å². The Hall–Kier alpha value is -3.78. The Kier molecular flexibility index (Phi) is 13.7. The highest BCUT2D eigenvalue weighted by atomic mass is 35.5. The highest BCUT2D eigenvalue weighted by Crippen LogP contribution is 2.25. The molecule has 1 fully saturated rings. The molecule has 250 valence electrons. The van der Waals surface area contributed by atoms with Crippen LogP contribution in [0.1, 0.15) is 43.7 Å². The van der Waals surface area contributed by atoms with E-state index in [0.717, 1.165) is 56.6 Å². The van der Waals surface area contributed by atoms with Gasteiger partial charge in [-0.1, -0.05) is 37.6 Å². The number of unbranched alkanes of at least 4 members (excludes halogenated alkanes) is 1. The number of carbonyl (C=O) groups is 2. The van der Waals surface area contributed by atoms with Crippen LogP contribution in [0, 0.1) is 11.6 Å². The van der Waals surface area contributed by atoms with E-state index in [2.05, 4.69) is 10.2 Å². The zero-order valence-corrected chi connectivity index (χ0v) is 27.1. The molecule has 0 bridgehead atoms. The van der Waals surface area contributed by atoms with Crippen molar-refractivity contribution < 1.29 is 36.6 Å². The second-order valence-electron chi connectivity index (χ2n) is 11.0. The van der Waals surface area contributed by atoms with Gasteiger partial charge in [-0.15, -0.1) is 12.4 Å². The third-order valence-corrected chi connectivity index (χ3v) is 8.68. The van der Waals surface area contributed by atoms with Gasteiger partial charge in [-0.25, -0.2) is 26.7 Å². The van der Waals surface area contributed by atoms with Gasteiger partial charge in [0, 0.05) is 38.3 Å². The molecule has 1 aliphatic rings. The van der Waals surface area contributed by atoms with Gasteiger partial charge >= 0.3 is 12.0 Å². The van der Waals surface area contributed by atoms with E-state index < -0.39 is 34.2 Å². The van der Waals surface area contributed by atoms with Crippen LogP contribution in [-0.4, -0.2) is 62.6 Å². The molecule has 0 radical (unpaired) electrons. The number of nitrogens with zero attached hydrogens (tertiary/aromatic N) is 2. The number of halogens is 3. The molecule has 0 aliphatic carbocycles. The number of carbonyl (C=O) groups excluding carboxylic acids is 1. The highest BCUT2D eigenvalue weighted by Gasteiger charge is 2.25. The van der Waals surface area contributed by atoms with E-state index in [1.54, 1.807) is 24.3 Å². The van der Waals surface area contributed by atoms with Crippen molar-refractivity contribution in [3.05, 3.63) is 89.5 Å².